The molecule has 0 atom stereocenters. The first-order chi connectivity index (χ1) is 7.97. The van der Waals surface area contributed by atoms with Crippen molar-refractivity contribution in [1.82, 2.24) is 4.72 Å². The Bertz CT molecular complexity index is 489. The minimum Gasteiger partial charge on any atom is -0.329 e. The highest BCUT2D eigenvalue weighted by Crippen LogP contribution is 2.32. The largest absolute Gasteiger partial charge is 0.329 e. The molecule has 0 unspecified atom stereocenters. The van der Waals surface area contributed by atoms with Gasteiger partial charge in [0.1, 0.15) is 5.82 Å². The molecule has 0 saturated heterocycles. The van der Waals surface area contributed by atoms with Gasteiger partial charge in [-0.25, -0.2) is 17.5 Å². The lowest BCUT2D eigenvalue weighted by Gasteiger charge is -2.41. The lowest BCUT2D eigenvalue weighted by molar-refractivity contribution is 0.230. The van der Waals surface area contributed by atoms with E-state index >= 15 is 0 Å². The summed E-state index contributed by atoms with van der Waals surface area (Å²) in [5, 5.41) is 0. The Morgan fingerprint density at radius 2 is 1.88 bits per heavy atom. The first-order valence-corrected chi connectivity index (χ1v) is 6.95. The van der Waals surface area contributed by atoms with Crippen molar-refractivity contribution in [2.75, 3.05) is 6.54 Å². The van der Waals surface area contributed by atoms with Gasteiger partial charge in [-0.3, -0.25) is 0 Å². The van der Waals surface area contributed by atoms with E-state index in [0.717, 1.165) is 31.4 Å². The molecule has 1 aromatic carbocycles. The first kappa shape index (κ1) is 12.5. The van der Waals surface area contributed by atoms with Crippen molar-refractivity contribution < 1.29 is 12.8 Å². The predicted molar refractivity (Wildman–Crippen MR) is 62.4 cm³/mol. The molecule has 4 nitrogen and oxygen atoms in total. The number of benzene rings is 1. The van der Waals surface area contributed by atoms with Crippen LogP contribution in [0.25, 0.3) is 0 Å². The summed E-state index contributed by atoms with van der Waals surface area (Å²) in [5.74, 6) is -0.457. The minimum absolute atomic E-state index is 0.0682. The number of hydrogen-bond donors (Lipinski definition) is 2. The van der Waals surface area contributed by atoms with Gasteiger partial charge in [0.2, 0.25) is 10.0 Å². The maximum Gasteiger partial charge on any atom is 0.241 e. The van der Waals surface area contributed by atoms with E-state index in [2.05, 4.69) is 4.72 Å². The standard InChI is InChI=1S/C11H15FN2O2S/c12-9-2-4-10(5-3-9)17(15,16)14-11(8-13)6-1-7-11/h2-5,14H,1,6-8,13H2. The molecule has 1 fully saturated rings. The molecule has 0 heterocycles. The topological polar surface area (TPSA) is 72.2 Å². The fraction of sp³-hybridized carbons (Fsp3) is 0.455. The van der Waals surface area contributed by atoms with E-state index in [0.29, 0.717) is 0 Å². The van der Waals surface area contributed by atoms with Crippen molar-refractivity contribution in [3.8, 4) is 0 Å². The van der Waals surface area contributed by atoms with Crippen LogP contribution >= 0.6 is 0 Å². The lowest BCUT2D eigenvalue weighted by atomic mass is 9.78. The summed E-state index contributed by atoms with van der Waals surface area (Å²) in [6, 6.07) is 4.76. The molecular formula is C11H15FN2O2S. The molecule has 2 rings (SSSR count). The maximum atomic E-state index is 12.7. The van der Waals surface area contributed by atoms with Crippen LogP contribution in [0.5, 0.6) is 0 Å². The van der Waals surface area contributed by atoms with Crippen molar-refractivity contribution in [3.05, 3.63) is 30.1 Å². The third-order valence-electron chi connectivity index (χ3n) is 3.18. The van der Waals surface area contributed by atoms with Gasteiger partial charge in [-0.2, -0.15) is 0 Å². The van der Waals surface area contributed by atoms with Gasteiger partial charge in [-0.05, 0) is 43.5 Å². The number of rotatable bonds is 4. The highest BCUT2D eigenvalue weighted by atomic mass is 32.2. The Kier molecular flexibility index (Phi) is 3.20. The molecule has 3 N–H and O–H groups in total. The fourth-order valence-corrected chi connectivity index (χ4v) is 3.38. The molecule has 0 bridgehead atoms. The summed E-state index contributed by atoms with van der Waals surface area (Å²) in [5.41, 5.74) is 5.08. The molecule has 1 aliphatic rings. The molecule has 0 amide bonds. The van der Waals surface area contributed by atoms with Gasteiger partial charge in [0.05, 0.1) is 4.90 Å². The van der Waals surface area contributed by atoms with Crippen molar-refractivity contribution in [2.45, 2.75) is 29.7 Å². The first-order valence-electron chi connectivity index (χ1n) is 5.47. The van der Waals surface area contributed by atoms with E-state index < -0.39 is 21.4 Å². The highest BCUT2D eigenvalue weighted by molar-refractivity contribution is 7.89. The second-order valence-electron chi connectivity index (χ2n) is 4.40. The van der Waals surface area contributed by atoms with Crippen LogP contribution in [0.4, 0.5) is 4.39 Å². The fourth-order valence-electron chi connectivity index (χ4n) is 1.91. The summed E-state index contributed by atoms with van der Waals surface area (Å²) in [7, 11) is -3.60. The molecule has 94 valence electrons. The summed E-state index contributed by atoms with van der Waals surface area (Å²) < 4.78 is 39.4. The zero-order valence-corrected chi connectivity index (χ0v) is 10.1. The number of nitrogens with two attached hydrogens (primary N) is 1. The van der Waals surface area contributed by atoms with Crippen molar-refractivity contribution >= 4 is 10.0 Å². The molecule has 0 spiro atoms. The van der Waals surface area contributed by atoms with Crippen LogP contribution in [0, 0.1) is 5.82 Å². The molecule has 1 aliphatic carbocycles. The van der Waals surface area contributed by atoms with E-state index in [1.54, 1.807) is 0 Å². The van der Waals surface area contributed by atoms with Crippen LogP contribution in [0.15, 0.2) is 29.2 Å². The van der Waals surface area contributed by atoms with Gasteiger partial charge in [0, 0.05) is 12.1 Å². The molecule has 1 aromatic rings. The van der Waals surface area contributed by atoms with Gasteiger partial charge in [-0.15, -0.1) is 0 Å². The lowest BCUT2D eigenvalue weighted by Crippen LogP contribution is -2.58. The summed E-state index contributed by atoms with van der Waals surface area (Å²) in [4.78, 5) is 0.0682. The zero-order valence-electron chi connectivity index (χ0n) is 9.32. The van der Waals surface area contributed by atoms with Crippen LogP contribution < -0.4 is 10.5 Å². The van der Waals surface area contributed by atoms with E-state index in [1.165, 1.54) is 12.1 Å². The molecule has 0 aliphatic heterocycles. The van der Waals surface area contributed by atoms with Crippen LogP contribution in [-0.4, -0.2) is 20.5 Å². The summed E-state index contributed by atoms with van der Waals surface area (Å²) >= 11 is 0. The number of halogens is 1. The van der Waals surface area contributed by atoms with Gasteiger partial charge in [-0.1, -0.05) is 0 Å². The Morgan fingerprint density at radius 1 is 1.29 bits per heavy atom. The van der Waals surface area contributed by atoms with Crippen molar-refractivity contribution in [2.24, 2.45) is 5.73 Å². The van der Waals surface area contributed by atoms with Gasteiger partial charge in [0.15, 0.2) is 0 Å². The molecule has 0 aromatic heterocycles. The van der Waals surface area contributed by atoms with E-state index in [-0.39, 0.29) is 11.4 Å². The third kappa shape index (κ3) is 2.48. The highest BCUT2D eigenvalue weighted by Gasteiger charge is 2.39. The Balaban J connectivity index is 2.22. The summed E-state index contributed by atoms with van der Waals surface area (Å²) in [6.45, 7) is 0.285. The minimum atomic E-state index is -3.60. The molecule has 6 heteroatoms. The van der Waals surface area contributed by atoms with Crippen LogP contribution in [0.2, 0.25) is 0 Å². The smallest absolute Gasteiger partial charge is 0.241 e. The van der Waals surface area contributed by atoms with Crippen LogP contribution in [0.3, 0.4) is 0 Å². The second kappa shape index (κ2) is 4.36. The average Bonchev–Trinajstić information content (AvgIpc) is 2.24. The Morgan fingerprint density at radius 3 is 2.29 bits per heavy atom. The average molecular weight is 258 g/mol. The zero-order chi connectivity index (χ0) is 12.5. The molecule has 1 saturated carbocycles. The monoisotopic (exact) mass is 258 g/mol. The number of hydrogen-bond acceptors (Lipinski definition) is 3. The van der Waals surface area contributed by atoms with E-state index in [1.807, 2.05) is 0 Å². The van der Waals surface area contributed by atoms with Crippen LogP contribution in [-0.2, 0) is 10.0 Å². The maximum absolute atomic E-state index is 12.7. The second-order valence-corrected chi connectivity index (χ2v) is 6.08. The summed E-state index contributed by atoms with van der Waals surface area (Å²) in [6.07, 6.45) is 2.48. The van der Waals surface area contributed by atoms with Gasteiger partial charge >= 0.3 is 0 Å². The SMILES string of the molecule is NCC1(NS(=O)(=O)c2ccc(F)cc2)CCC1. The predicted octanol–water partition coefficient (Wildman–Crippen LogP) is 0.985. The Hall–Kier alpha value is -0.980. The van der Waals surface area contributed by atoms with Crippen molar-refractivity contribution in [1.29, 1.82) is 0 Å². The third-order valence-corrected chi connectivity index (χ3v) is 4.77. The molecule has 0 radical (unpaired) electrons. The van der Waals surface area contributed by atoms with E-state index in [4.69, 9.17) is 5.73 Å². The quantitative estimate of drug-likeness (QED) is 0.845. The van der Waals surface area contributed by atoms with Gasteiger partial charge in [0.25, 0.3) is 0 Å². The number of sulfonamides is 1. The van der Waals surface area contributed by atoms with Crippen LogP contribution in [0.1, 0.15) is 19.3 Å². The normalized spacial score (nSPS) is 18.7. The molecule has 17 heavy (non-hydrogen) atoms. The number of nitrogens with one attached hydrogen (secondary N) is 1. The Labute approximate surface area is 100 Å². The van der Waals surface area contributed by atoms with Gasteiger partial charge < -0.3 is 5.73 Å². The molecular weight excluding hydrogens is 243 g/mol. The van der Waals surface area contributed by atoms with E-state index in [9.17, 15) is 12.8 Å². The van der Waals surface area contributed by atoms with Crippen molar-refractivity contribution in [3.63, 3.8) is 0 Å².